The lowest BCUT2D eigenvalue weighted by atomic mass is 10.2. The van der Waals surface area contributed by atoms with Gasteiger partial charge in [0.1, 0.15) is 11.9 Å². The van der Waals surface area contributed by atoms with Crippen LogP contribution in [0.2, 0.25) is 0 Å². The molecule has 0 spiro atoms. The van der Waals surface area contributed by atoms with Crippen molar-refractivity contribution < 1.29 is 4.74 Å². The van der Waals surface area contributed by atoms with E-state index in [0.717, 1.165) is 12.2 Å². The van der Waals surface area contributed by atoms with E-state index in [0.29, 0.717) is 6.42 Å². The Morgan fingerprint density at radius 3 is 2.47 bits per heavy atom. The molecular weight excluding hydrogens is 188 g/mol. The second-order valence-electron chi connectivity index (χ2n) is 3.69. The molecule has 0 bridgehead atoms. The Hall–Kier alpha value is -1.51. The van der Waals surface area contributed by atoms with Crippen LogP contribution in [-0.2, 0) is 0 Å². The summed E-state index contributed by atoms with van der Waals surface area (Å²) in [5.74, 6) is 1.02. The van der Waals surface area contributed by atoms with Crippen LogP contribution in [-0.4, -0.2) is 11.9 Å². The number of ether oxygens (including phenoxy) is 1. The summed E-state index contributed by atoms with van der Waals surface area (Å²) in [6.07, 6.45) is 1.35. The summed E-state index contributed by atoms with van der Waals surface area (Å²) in [7, 11) is 0. The smallest absolute Gasteiger partial charge is 0.119 e. The molecule has 3 nitrogen and oxygen atoms in total. The average Bonchev–Trinajstić information content (AvgIpc) is 2.19. The number of hydrogen-bond acceptors (Lipinski definition) is 2. The number of nitrogens with one attached hydrogen (secondary N) is 1. The van der Waals surface area contributed by atoms with Gasteiger partial charge in [0.25, 0.3) is 0 Å². The zero-order valence-corrected chi connectivity index (χ0v) is 9.29. The van der Waals surface area contributed by atoms with E-state index in [1.165, 1.54) is 5.56 Å². The molecule has 1 aromatic carbocycles. The Morgan fingerprint density at radius 2 is 2.00 bits per heavy atom. The van der Waals surface area contributed by atoms with E-state index in [4.69, 9.17) is 15.9 Å². The first-order valence-corrected chi connectivity index (χ1v) is 5.18. The topological polar surface area (TPSA) is 59.1 Å². The van der Waals surface area contributed by atoms with Gasteiger partial charge in [0.05, 0.1) is 5.84 Å². The minimum atomic E-state index is 0.00482. The zero-order valence-electron chi connectivity index (χ0n) is 9.29. The van der Waals surface area contributed by atoms with E-state index in [-0.39, 0.29) is 11.9 Å². The van der Waals surface area contributed by atoms with Gasteiger partial charge in [0.2, 0.25) is 0 Å². The van der Waals surface area contributed by atoms with Crippen molar-refractivity contribution in [3.63, 3.8) is 0 Å². The van der Waals surface area contributed by atoms with Gasteiger partial charge in [-0.05, 0) is 25.5 Å². The second-order valence-corrected chi connectivity index (χ2v) is 3.69. The average molecular weight is 206 g/mol. The third-order valence-electron chi connectivity index (χ3n) is 2.23. The summed E-state index contributed by atoms with van der Waals surface area (Å²) in [6.45, 7) is 4.07. The summed E-state index contributed by atoms with van der Waals surface area (Å²) in [6, 6.07) is 7.90. The van der Waals surface area contributed by atoms with Crippen LogP contribution in [0.25, 0.3) is 0 Å². The van der Waals surface area contributed by atoms with Crippen molar-refractivity contribution >= 4 is 5.84 Å². The standard InChI is InChI=1S/C12H18N2O/c1-3-10(8-12(13)14)15-11-6-4-9(2)5-7-11/h4-7,10H,3,8H2,1-2H3,(H3,13,14). The summed E-state index contributed by atoms with van der Waals surface area (Å²) in [5, 5.41) is 7.23. The first kappa shape index (κ1) is 11.6. The minimum absolute atomic E-state index is 0.00482. The Bertz CT molecular complexity index is 319. The summed E-state index contributed by atoms with van der Waals surface area (Å²) in [4.78, 5) is 0. The van der Waals surface area contributed by atoms with Crippen LogP contribution in [0.1, 0.15) is 25.3 Å². The van der Waals surface area contributed by atoms with Crippen LogP contribution in [0.4, 0.5) is 0 Å². The first-order chi connectivity index (χ1) is 7.11. The lowest BCUT2D eigenvalue weighted by molar-refractivity contribution is 0.204. The quantitative estimate of drug-likeness (QED) is 0.574. The summed E-state index contributed by atoms with van der Waals surface area (Å²) < 4.78 is 5.71. The molecule has 0 saturated heterocycles. The molecule has 0 aliphatic carbocycles. The molecular formula is C12H18N2O. The van der Waals surface area contributed by atoms with Gasteiger partial charge in [-0.15, -0.1) is 0 Å². The van der Waals surface area contributed by atoms with Crippen molar-refractivity contribution in [2.24, 2.45) is 5.73 Å². The molecule has 0 fully saturated rings. The molecule has 1 atom stereocenters. The maximum atomic E-state index is 7.23. The molecule has 1 aromatic rings. The van der Waals surface area contributed by atoms with Gasteiger partial charge in [-0.2, -0.15) is 0 Å². The number of benzene rings is 1. The van der Waals surface area contributed by atoms with Gasteiger partial charge < -0.3 is 10.5 Å². The van der Waals surface area contributed by atoms with Crippen LogP contribution in [0.15, 0.2) is 24.3 Å². The highest BCUT2D eigenvalue weighted by atomic mass is 16.5. The van der Waals surface area contributed by atoms with Crippen LogP contribution in [0.5, 0.6) is 5.75 Å². The van der Waals surface area contributed by atoms with Crippen molar-refractivity contribution in [1.82, 2.24) is 0 Å². The van der Waals surface area contributed by atoms with Gasteiger partial charge in [-0.3, -0.25) is 5.41 Å². The van der Waals surface area contributed by atoms with Crippen LogP contribution in [0.3, 0.4) is 0 Å². The van der Waals surface area contributed by atoms with Crippen LogP contribution >= 0.6 is 0 Å². The van der Waals surface area contributed by atoms with E-state index in [1.54, 1.807) is 0 Å². The van der Waals surface area contributed by atoms with Crippen molar-refractivity contribution in [1.29, 1.82) is 5.41 Å². The van der Waals surface area contributed by atoms with Crippen LogP contribution in [0, 0.1) is 12.3 Å². The zero-order chi connectivity index (χ0) is 11.3. The Kier molecular flexibility index (Phi) is 4.16. The van der Waals surface area contributed by atoms with Gasteiger partial charge >= 0.3 is 0 Å². The second kappa shape index (κ2) is 5.39. The lowest BCUT2D eigenvalue weighted by Gasteiger charge is -2.16. The maximum absolute atomic E-state index is 7.23. The van der Waals surface area contributed by atoms with E-state index >= 15 is 0 Å². The number of aryl methyl sites for hydroxylation is 1. The van der Waals surface area contributed by atoms with Gasteiger partial charge in [0.15, 0.2) is 0 Å². The third kappa shape index (κ3) is 4.02. The van der Waals surface area contributed by atoms with Gasteiger partial charge in [0, 0.05) is 6.42 Å². The molecule has 0 aromatic heterocycles. The van der Waals surface area contributed by atoms with Crippen molar-refractivity contribution in [2.45, 2.75) is 32.8 Å². The number of rotatable bonds is 5. The minimum Gasteiger partial charge on any atom is -0.490 e. The predicted molar refractivity (Wildman–Crippen MR) is 62.4 cm³/mol. The largest absolute Gasteiger partial charge is 0.490 e. The van der Waals surface area contributed by atoms with Crippen molar-refractivity contribution in [3.8, 4) is 5.75 Å². The van der Waals surface area contributed by atoms with Gasteiger partial charge in [-0.1, -0.05) is 24.6 Å². The summed E-state index contributed by atoms with van der Waals surface area (Å²) in [5.41, 5.74) is 6.56. The molecule has 0 radical (unpaired) electrons. The molecule has 0 aliphatic rings. The monoisotopic (exact) mass is 206 g/mol. The van der Waals surface area contributed by atoms with E-state index in [9.17, 15) is 0 Å². The highest BCUT2D eigenvalue weighted by Gasteiger charge is 2.09. The van der Waals surface area contributed by atoms with Crippen LogP contribution < -0.4 is 10.5 Å². The van der Waals surface area contributed by atoms with E-state index < -0.39 is 0 Å². The van der Waals surface area contributed by atoms with E-state index in [1.807, 2.05) is 38.1 Å². The third-order valence-corrected chi connectivity index (χ3v) is 2.23. The maximum Gasteiger partial charge on any atom is 0.119 e. The molecule has 0 heterocycles. The highest BCUT2D eigenvalue weighted by Crippen LogP contribution is 2.15. The predicted octanol–water partition coefficient (Wildman–Crippen LogP) is 2.48. The summed E-state index contributed by atoms with van der Waals surface area (Å²) >= 11 is 0. The molecule has 82 valence electrons. The molecule has 1 unspecified atom stereocenters. The Morgan fingerprint density at radius 1 is 1.40 bits per heavy atom. The van der Waals surface area contributed by atoms with Gasteiger partial charge in [-0.25, -0.2) is 0 Å². The molecule has 0 amide bonds. The normalized spacial score (nSPS) is 12.1. The van der Waals surface area contributed by atoms with Crippen molar-refractivity contribution in [2.75, 3.05) is 0 Å². The molecule has 15 heavy (non-hydrogen) atoms. The first-order valence-electron chi connectivity index (χ1n) is 5.18. The SMILES string of the molecule is CCC(CC(=N)N)Oc1ccc(C)cc1. The Labute approximate surface area is 90.8 Å². The van der Waals surface area contributed by atoms with Crippen molar-refractivity contribution in [3.05, 3.63) is 29.8 Å². The molecule has 1 rings (SSSR count). The Balaban J connectivity index is 2.58. The highest BCUT2D eigenvalue weighted by molar-refractivity contribution is 5.77. The fraction of sp³-hybridized carbons (Fsp3) is 0.417. The fourth-order valence-corrected chi connectivity index (χ4v) is 1.32. The molecule has 3 heteroatoms. The molecule has 0 saturated carbocycles. The van der Waals surface area contributed by atoms with E-state index in [2.05, 4.69) is 0 Å². The molecule has 3 N–H and O–H groups in total. The fourth-order valence-electron chi connectivity index (χ4n) is 1.32. The lowest BCUT2D eigenvalue weighted by Crippen LogP contribution is -2.23. The number of nitrogens with two attached hydrogens (primary N) is 1. The molecule has 0 aliphatic heterocycles. The number of amidine groups is 1. The number of hydrogen-bond donors (Lipinski definition) is 2.